The molecule has 3 aromatic rings. The van der Waals surface area contributed by atoms with Crippen LogP contribution in [0.3, 0.4) is 0 Å². The zero-order chi connectivity index (χ0) is 21.5. The second-order valence-corrected chi connectivity index (χ2v) is 10.8. The molecule has 158 valence electrons. The molecule has 0 amide bonds. The maximum Gasteiger partial charge on any atom is 0.316 e. The Kier molecular flexibility index (Phi) is 5.77. The molecule has 0 saturated carbocycles. The van der Waals surface area contributed by atoms with Crippen molar-refractivity contribution >= 4 is 39.3 Å². The summed E-state index contributed by atoms with van der Waals surface area (Å²) in [6, 6.07) is 9.51. The van der Waals surface area contributed by atoms with Crippen LogP contribution in [0.15, 0.2) is 40.3 Å². The number of hydrogen-bond donors (Lipinski definition) is 0. The summed E-state index contributed by atoms with van der Waals surface area (Å²) >= 11 is 2.88. The van der Waals surface area contributed by atoms with E-state index >= 15 is 0 Å². The third kappa shape index (κ3) is 3.93. The van der Waals surface area contributed by atoms with Crippen molar-refractivity contribution < 1.29 is 9.53 Å². The molecule has 0 fully saturated rings. The predicted molar refractivity (Wildman–Crippen MR) is 123 cm³/mol. The van der Waals surface area contributed by atoms with Gasteiger partial charge in [-0.15, -0.1) is 11.3 Å². The molecule has 7 heteroatoms. The molecule has 1 aromatic carbocycles. The Labute approximate surface area is 184 Å². The van der Waals surface area contributed by atoms with Crippen molar-refractivity contribution in [3.63, 3.8) is 0 Å². The molecule has 5 nitrogen and oxygen atoms in total. The molecule has 2 heterocycles. The molecule has 1 aliphatic carbocycles. The lowest BCUT2D eigenvalue weighted by Crippen LogP contribution is -2.27. The Morgan fingerprint density at radius 1 is 1.30 bits per heavy atom. The number of rotatable bonds is 4. The van der Waals surface area contributed by atoms with Crippen molar-refractivity contribution in [3.05, 3.63) is 51.1 Å². The minimum atomic E-state index is -0.340. The predicted octanol–water partition coefficient (Wildman–Crippen LogP) is 4.86. The van der Waals surface area contributed by atoms with Gasteiger partial charge in [0.25, 0.3) is 5.56 Å². The largest absolute Gasteiger partial charge is 0.468 e. The lowest BCUT2D eigenvalue weighted by atomic mass is 9.72. The average Bonchev–Trinajstić information content (AvgIpc) is 3.09. The van der Waals surface area contributed by atoms with E-state index in [4.69, 9.17) is 9.72 Å². The first-order valence-electron chi connectivity index (χ1n) is 10.1. The quantitative estimate of drug-likeness (QED) is 0.328. The highest BCUT2D eigenvalue weighted by Gasteiger charge is 2.32. The van der Waals surface area contributed by atoms with E-state index < -0.39 is 0 Å². The van der Waals surface area contributed by atoms with Crippen LogP contribution < -0.4 is 5.56 Å². The molecule has 0 saturated heterocycles. The summed E-state index contributed by atoms with van der Waals surface area (Å²) in [6.07, 6.45) is 3.00. The van der Waals surface area contributed by atoms with Crippen LogP contribution in [0.2, 0.25) is 0 Å². The number of aryl methyl sites for hydroxylation is 1. The van der Waals surface area contributed by atoms with E-state index in [-0.39, 0.29) is 22.7 Å². The zero-order valence-corrected chi connectivity index (χ0v) is 19.4. The molecule has 0 aliphatic heterocycles. The van der Waals surface area contributed by atoms with Gasteiger partial charge in [0.2, 0.25) is 0 Å². The van der Waals surface area contributed by atoms with Gasteiger partial charge in [0, 0.05) is 4.88 Å². The summed E-state index contributed by atoms with van der Waals surface area (Å²) in [5.74, 6) is 0.369. The van der Waals surface area contributed by atoms with Gasteiger partial charge in [-0.2, -0.15) is 0 Å². The van der Waals surface area contributed by atoms with E-state index in [0.717, 1.165) is 35.2 Å². The Balaban J connectivity index is 1.87. The summed E-state index contributed by atoms with van der Waals surface area (Å²) in [5.41, 5.74) is 2.12. The Morgan fingerprint density at radius 3 is 2.70 bits per heavy atom. The summed E-state index contributed by atoms with van der Waals surface area (Å²) in [6.45, 7) is 6.87. The molecule has 0 unspecified atom stereocenters. The molecule has 1 aliphatic rings. The topological polar surface area (TPSA) is 61.2 Å². The number of carbonyl (C=O) groups excluding carboxylic acids is 1. The smallest absolute Gasteiger partial charge is 0.316 e. The number of thioether (sulfide) groups is 1. The number of methoxy groups -OCH3 is 1. The van der Waals surface area contributed by atoms with Crippen molar-refractivity contribution in [1.82, 2.24) is 9.55 Å². The van der Waals surface area contributed by atoms with Gasteiger partial charge < -0.3 is 4.74 Å². The highest BCUT2D eigenvalue weighted by molar-refractivity contribution is 7.99. The highest BCUT2D eigenvalue weighted by atomic mass is 32.2. The maximum absolute atomic E-state index is 13.7. The van der Waals surface area contributed by atoms with E-state index in [1.165, 1.54) is 29.3 Å². The van der Waals surface area contributed by atoms with Gasteiger partial charge in [-0.3, -0.25) is 14.2 Å². The minimum absolute atomic E-state index is 0.0507. The molecule has 4 rings (SSSR count). The van der Waals surface area contributed by atoms with Gasteiger partial charge in [-0.05, 0) is 48.3 Å². The standard InChI is InChI=1S/C23H26N2O3S2/c1-23(2,3)14-10-11-16-17(12-14)30-20-19(16)21(27)25(15-8-6-5-7-9-15)22(24-20)29-13-18(26)28-4/h5-9,14H,10-13H2,1-4H3/t14-/m0/s1. The van der Waals surface area contributed by atoms with Gasteiger partial charge in [0.05, 0.1) is 23.9 Å². The fraction of sp³-hybridized carbons (Fsp3) is 0.435. The van der Waals surface area contributed by atoms with Crippen molar-refractivity contribution in [2.75, 3.05) is 12.9 Å². The van der Waals surface area contributed by atoms with Crippen LogP contribution in [0.4, 0.5) is 0 Å². The van der Waals surface area contributed by atoms with E-state index in [1.54, 1.807) is 15.9 Å². The van der Waals surface area contributed by atoms with Gasteiger partial charge in [0.15, 0.2) is 5.16 Å². The van der Waals surface area contributed by atoms with E-state index in [9.17, 15) is 9.59 Å². The highest BCUT2D eigenvalue weighted by Crippen LogP contribution is 2.42. The number of thiophene rings is 1. The van der Waals surface area contributed by atoms with Crippen LogP contribution in [-0.2, 0) is 22.4 Å². The zero-order valence-electron chi connectivity index (χ0n) is 17.7. The van der Waals surface area contributed by atoms with Crippen molar-refractivity contribution in [3.8, 4) is 5.69 Å². The Hall–Kier alpha value is -2.12. The lowest BCUT2D eigenvalue weighted by molar-refractivity contribution is -0.137. The molecule has 2 aromatic heterocycles. The third-order valence-corrected chi connectivity index (χ3v) is 7.90. The number of ether oxygens (including phenoxy) is 1. The molecule has 30 heavy (non-hydrogen) atoms. The van der Waals surface area contributed by atoms with Crippen LogP contribution in [0, 0.1) is 11.3 Å². The number of aromatic nitrogens is 2. The van der Waals surface area contributed by atoms with E-state index in [0.29, 0.717) is 11.1 Å². The number of benzene rings is 1. The molecule has 0 radical (unpaired) electrons. The van der Waals surface area contributed by atoms with Gasteiger partial charge in [-0.1, -0.05) is 50.7 Å². The first-order chi connectivity index (χ1) is 14.3. The van der Waals surface area contributed by atoms with Crippen LogP contribution >= 0.6 is 23.1 Å². The van der Waals surface area contributed by atoms with E-state index in [1.807, 2.05) is 30.3 Å². The van der Waals surface area contributed by atoms with Crippen molar-refractivity contribution in [1.29, 1.82) is 0 Å². The number of nitrogens with zero attached hydrogens (tertiary/aromatic N) is 2. The van der Waals surface area contributed by atoms with Crippen LogP contribution in [0.25, 0.3) is 15.9 Å². The molecular weight excluding hydrogens is 416 g/mol. The first kappa shape index (κ1) is 21.1. The van der Waals surface area contributed by atoms with Crippen LogP contribution in [0.1, 0.15) is 37.6 Å². The molecule has 0 spiro atoms. The van der Waals surface area contributed by atoms with Crippen molar-refractivity contribution in [2.24, 2.45) is 11.3 Å². The molecular formula is C23H26N2O3S2. The van der Waals surface area contributed by atoms with E-state index in [2.05, 4.69) is 20.8 Å². The Bertz CT molecular complexity index is 1140. The number of para-hydroxylation sites is 1. The molecule has 1 atom stereocenters. The minimum Gasteiger partial charge on any atom is -0.468 e. The summed E-state index contributed by atoms with van der Waals surface area (Å²) in [5, 5.41) is 1.27. The maximum atomic E-state index is 13.7. The van der Waals surface area contributed by atoms with Gasteiger partial charge in [-0.25, -0.2) is 4.98 Å². The van der Waals surface area contributed by atoms with Crippen molar-refractivity contribution in [2.45, 2.75) is 45.2 Å². The second kappa shape index (κ2) is 8.19. The van der Waals surface area contributed by atoms with Gasteiger partial charge >= 0.3 is 5.97 Å². The number of hydrogen-bond acceptors (Lipinski definition) is 6. The molecule has 0 bridgehead atoms. The molecule has 0 N–H and O–H groups in total. The number of carbonyl (C=O) groups is 1. The van der Waals surface area contributed by atoms with Crippen LogP contribution in [-0.4, -0.2) is 28.4 Å². The Morgan fingerprint density at radius 2 is 2.03 bits per heavy atom. The third-order valence-electron chi connectivity index (χ3n) is 5.84. The lowest BCUT2D eigenvalue weighted by Gasteiger charge is -2.33. The average molecular weight is 443 g/mol. The number of fused-ring (bicyclic) bond motifs is 3. The summed E-state index contributed by atoms with van der Waals surface area (Å²) in [4.78, 5) is 32.3. The van der Waals surface area contributed by atoms with Crippen LogP contribution in [0.5, 0.6) is 0 Å². The monoisotopic (exact) mass is 442 g/mol. The number of esters is 1. The summed E-state index contributed by atoms with van der Waals surface area (Å²) < 4.78 is 6.41. The second-order valence-electron chi connectivity index (χ2n) is 8.72. The van der Waals surface area contributed by atoms with Gasteiger partial charge in [0.1, 0.15) is 4.83 Å². The summed E-state index contributed by atoms with van der Waals surface area (Å²) in [7, 11) is 1.36. The normalized spacial score (nSPS) is 16.5. The first-order valence-corrected chi connectivity index (χ1v) is 11.9. The fourth-order valence-corrected chi connectivity index (χ4v) is 6.22. The SMILES string of the molecule is COC(=O)CSc1nc2sc3c(c2c(=O)n1-c1ccccc1)CC[C@H](C(C)(C)C)C3. The fourth-order valence-electron chi connectivity index (χ4n) is 4.03.